The Kier molecular flexibility index (Phi) is 3.87. The van der Waals surface area contributed by atoms with Crippen LogP contribution < -0.4 is 4.74 Å². The van der Waals surface area contributed by atoms with Gasteiger partial charge in [0.15, 0.2) is 0 Å². The topological polar surface area (TPSA) is 68.9 Å². The van der Waals surface area contributed by atoms with Crippen molar-refractivity contribution in [2.75, 3.05) is 14.2 Å². The smallest absolute Gasteiger partial charge is 0.373 e. The minimum atomic E-state index is -1.01. The first-order valence-corrected chi connectivity index (χ1v) is 5.66. The Balaban J connectivity index is 2.31. The van der Waals surface area contributed by atoms with Crippen LogP contribution in [0.15, 0.2) is 40.8 Å². The molecule has 1 N–H and O–H groups in total. The third-order valence-corrected chi connectivity index (χ3v) is 2.72. The van der Waals surface area contributed by atoms with Crippen LogP contribution in [0, 0.1) is 0 Å². The van der Waals surface area contributed by atoms with E-state index in [-0.39, 0.29) is 11.5 Å². The fraction of sp³-hybridized carbons (Fsp3) is 0.214. The second-order valence-electron chi connectivity index (χ2n) is 3.84. The molecule has 1 aromatic carbocycles. The van der Waals surface area contributed by atoms with Crippen LogP contribution in [0.5, 0.6) is 5.75 Å². The van der Waals surface area contributed by atoms with Crippen LogP contribution in [-0.4, -0.2) is 25.3 Å². The molecule has 0 aliphatic carbocycles. The minimum Gasteiger partial charge on any atom is -0.496 e. The second-order valence-corrected chi connectivity index (χ2v) is 3.84. The van der Waals surface area contributed by atoms with Crippen molar-refractivity contribution in [2.45, 2.75) is 6.10 Å². The lowest BCUT2D eigenvalue weighted by atomic mass is 10.1. The summed E-state index contributed by atoms with van der Waals surface area (Å²) in [6, 6.07) is 10.0. The first kappa shape index (κ1) is 13.2. The molecule has 5 heteroatoms. The predicted molar refractivity (Wildman–Crippen MR) is 67.1 cm³/mol. The van der Waals surface area contributed by atoms with E-state index in [0.29, 0.717) is 11.3 Å². The van der Waals surface area contributed by atoms with Crippen LogP contribution in [0.4, 0.5) is 0 Å². The highest BCUT2D eigenvalue weighted by molar-refractivity contribution is 5.86. The summed E-state index contributed by atoms with van der Waals surface area (Å²) in [4.78, 5) is 11.3. The molecule has 0 saturated carbocycles. The Morgan fingerprint density at radius 2 is 1.95 bits per heavy atom. The summed E-state index contributed by atoms with van der Waals surface area (Å²) in [5.41, 5.74) is 0.566. The molecule has 2 rings (SSSR count). The van der Waals surface area contributed by atoms with E-state index in [1.165, 1.54) is 26.4 Å². The molecular weight excluding hydrogens is 248 g/mol. The van der Waals surface area contributed by atoms with Crippen molar-refractivity contribution in [2.24, 2.45) is 0 Å². The number of aliphatic hydroxyl groups excluding tert-OH is 1. The summed E-state index contributed by atoms with van der Waals surface area (Å²) in [6.07, 6.45) is -1.01. The Morgan fingerprint density at radius 3 is 2.63 bits per heavy atom. The Morgan fingerprint density at radius 1 is 1.21 bits per heavy atom. The van der Waals surface area contributed by atoms with E-state index in [9.17, 15) is 9.90 Å². The quantitative estimate of drug-likeness (QED) is 0.855. The number of aliphatic hydroxyl groups is 1. The number of furan rings is 1. The largest absolute Gasteiger partial charge is 0.496 e. The van der Waals surface area contributed by atoms with Crippen molar-refractivity contribution < 1.29 is 23.8 Å². The first-order chi connectivity index (χ1) is 9.17. The van der Waals surface area contributed by atoms with Gasteiger partial charge in [0.2, 0.25) is 5.76 Å². The van der Waals surface area contributed by atoms with Crippen molar-refractivity contribution >= 4 is 5.97 Å². The van der Waals surface area contributed by atoms with E-state index >= 15 is 0 Å². The number of methoxy groups -OCH3 is 2. The first-order valence-electron chi connectivity index (χ1n) is 5.66. The summed E-state index contributed by atoms with van der Waals surface area (Å²) in [7, 11) is 2.79. The third kappa shape index (κ3) is 2.61. The standard InChI is InChI=1S/C14H14O5/c1-17-10-6-4-3-5-9(10)13(15)11-7-8-12(19-11)14(16)18-2/h3-8,13,15H,1-2H3. The molecule has 19 heavy (non-hydrogen) atoms. The molecule has 0 amide bonds. The van der Waals surface area contributed by atoms with Gasteiger partial charge in [-0.15, -0.1) is 0 Å². The van der Waals surface area contributed by atoms with Crippen molar-refractivity contribution in [1.82, 2.24) is 0 Å². The molecule has 5 nitrogen and oxygen atoms in total. The predicted octanol–water partition coefficient (Wildman–Crippen LogP) is 2.16. The summed E-state index contributed by atoms with van der Waals surface area (Å²) in [5, 5.41) is 10.2. The van der Waals surface area contributed by atoms with E-state index in [0.717, 1.165) is 0 Å². The van der Waals surface area contributed by atoms with Crippen molar-refractivity contribution in [3.8, 4) is 5.75 Å². The highest BCUT2D eigenvalue weighted by Crippen LogP contribution is 2.30. The maximum Gasteiger partial charge on any atom is 0.373 e. The molecule has 0 aliphatic heterocycles. The van der Waals surface area contributed by atoms with Gasteiger partial charge in [0.1, 0.15) is 17.6 Å². The molecule has 0 aliphatic rings. The molecule has 1 heterocycles. The maximum atomic E-state index is 11.3. The number of para-hydroxylation sites is 1. The Bertz CT molecular complexity index is 573. The Hall–Kier alpha value is -2.27. The van der Waals surface area contributed by atoms with E-state index < -0.39 is 12.1 Å². The highest BCUT2D eigenvalue weighted by Gasteiger charge is 2.20. The zero-order valence-corrected chi connectivity index (χ0v) is 10.6. The normalized spacial score (nSPS) is 11.9. The number of benzene rings is 1. The van der Waals surface area contributed by atoms with Crippen LogP contribution in [0.3, 0.4) is 0 Å². The van der Waals surface area contributed by atoms with Crippen LogP contribution in [0.2, 0.25) is 0 Å². The summed E-state index contributed by atoms with van der Waals surface area (Å²) >= 11 is 0. The third-order valence-electron chi connectivity index (χ3n) is 2.72. The fourth-order valence-corrected chi connectivity index (χ4v) is 1.76. The van der Waals surface area contributed by atoms with Crippen LogP contribution >= 0.6 is 0 Å². The van der Waals surface area contributed by atoms with Crippen LogP contribution in [-0.2, 0) is 4.74 Å². The van der Waals surface area contributed by atoms with Crippen LogP contribution in [0.25, 0.3) is 0 Å². The molecule has 0 radical (unpaired) electrons. The van der Waals surface area contributed by atoms with E-state index in [1.807, 2.05) is 0 Å². The number of ether oxygens (including phenoxy) is 2. The van der Waals surface area contributed by atoms with Gasteiger partial charge in [0.05, 0.1) is 14.2 Å². The highest BCUT2D eigenvalue weighted by atomic mass is 16.5. The molecule has 0 bridgehead atoms. The Labute approximate surface area is 110 Å². The van der Waals surface area contributed by atoms with Crippen molar-refractivity contribution in [1.29, 1.82) is 0 Å². The number of hydrogen-bond donors (Lipinski definition) is 1. The second kappa shape index (κ2) is 5.58. The molecule has 0 saturated heterocycles. The van der Waals surface area contributed by atoms with E-state index in [2.05, 4.69) is 4.74 Å². The fourth-order valence-electron chi connectivity index (χ4n) is 1.76. The molecular formula is C14H14O5. The molecule has 0 fully saturated rings. The van der Waals surface area contributed by atoms with E-state index in [4.69, 9.17) is 9.15 Å². The summed E-state index contributed by atoms with van der Waals surface area (Å²) in [5.74, 6) is 0.265. The molecule has 100 valence electrons. The minimum absolute atomic E-state index is 0.0476. The van der Waals surface area contributed by atoms with Gasteiger partial charge >= 0.3 is 5.97 Å². The molecule has 2 aromatic rings. The van der Waals surface area contributed by atoms with Gasteiger partial charge in [-0.2, -0.15) is 0 Å². The lowest BCUT2D eigenvalue weighted by Crippen LogP contribution is -2.02. The zero-order chi connectivity index (χ0) is 13.8. The average molecular weight is 262 g/mol. The molecule has 0 spiro atoms. The van der Waals surface area contributed by atoms with Gasteiger partial charge in [-0.1, -0.05) is 18.2 Å². The molecule has 1 aromatic heterocycles. The van der Waals surface area contributed by atoms with Gasteiger partial charge < -0.3 is 19.0 Å². The van der Waals surface area contributed by atoms with Gasteiger partial charge in [0.25, 0.3) is 0 Å². The lowest BCUT2D eigenvalue weighted by molar-refractivity contribution is 0.0558. The summed E-state index contributed by atoms with van der Waals surface area (Å²) < 4.78 is 15.0. The summed E-state index contributed by atoms with van der Waals surface area (Å²) in [6.45, 7) is 0. The number of hydrogen-bond acceptors (Lipinski definition) is 5. The van der Waals surface area contributed by atoms with Gasteiger partial charge in [-0.25, -0.2) is 4.79 Å². The number of carbonyl (C=O) groups is 1. The molecule has 1 atom stereocenters. The van der Waals surface area contributed by atoms with Gasteiger partial charge in [0, 0.05) is 5.56 Å². The van der Waals surface area contributed by atoms with Crippen LogP contribution in [0.1, 0.15) is 28.0 Å². The van der Waals surface area contributed by atoms with Crippen molar-refractivity contribution in [3.05, 3.63) is 53.5 Å². The van der Waals surface area contributed by atoms with E-state index in [1.54, 1.807) is 24.3 Å². The van der Waals surface area contributed by atoms with Gasteiger partial charge in [-0.3, -0.25) is 0 Å². The van der Waals surface area contributed by atoms with Crippen molar-refractivity contribution in [3.63, 3.8) is 0 Å². The number of rotatable bonds is 4. The maximum absolute atomic E-state index is 11.3. The number of esters is 1. The average Bonchev–Trinajstić information content (AvgIpc) is 2.95. The zero-order valence-electron chi connectivity index (χ0n) is 10.6. The molecule has 1 unspecified atom stereocenters. The lowest BCUT2D eigenvalue weighted by Gasteiger charge is -2.12. The monoisotopic (exact) mass is 262 g/mol. The number of carbonyl (C=O) groups excluding carboxylic acids is 1. The van der Waals surface area contributed by atoms with Gasteiger partial charge in [-0.05, 0) is 18.2 Å². The SMILES string of the molecule is COC(=O)c1ccc(C(O)c2ccccc2OC)o1.